The number of carbonyl (C=O) groups is 3. The quantitative estimate of drug-likeness (QED) is 0.0261. The van der Waals surface area contributed by atoms with Gasteiger partial charge in [0.25, 0.3) is 0 Å². The molecule has 0 rings (SSSR count). The lowest BCUT2D eigenvalue weighted by Gasteiger charge is -2.18. The summed E-state index contributed by atoms with van der Waals surface area (Å²) in [6.45, 7) is 6.59. The minimum Gasteiger partial charge on any atom is -0.462 e. The third kappa shape index (κ3) is 57.7. The molecular formula is C66H116O6. The lowest BCUT2D eigenvalue weighted by atomic mass is 10.1. The van der Waals surface area contributed by atoms with Crippen LogP contribution in [-0.4, -0.2) is 37.2 Å². The van der Waals surface area contributed by atoms with Gasteiger partial charge in [-0.25, -0.2) is 0 Å². The van der Waals surface area contributed by atoms with Crippen LogP contribution >= 0.6 is 0 Å². The van der Waals surface area contributed by atoms with Gasteiger partial charge in [-0.2, -0.15) is 0 Å². The SMILES string of the molecule is CCCCC/C=C\C/C=C\C/C=C\CCCCCCCCC(=O)OCC(COC(=O)CCCCCCC/C=C\CCCCCCCCC)OC(=O)CCCCCCCCCCC/C=C\C/C=C\CCCCC. The van der Waals surface area contributed by atoms with Crippen molar-refractivity contribution in [1.29, 1.82) is 0 Å². The number of hydrogen-bond donors (Lipinski definition) is 0. The van der Waals surface area contributed by atoms with Crippen molar-refractivity contribution in [3.8, 4) is 0 Å². The summed E-state index contributed by atoms with van der Waals surface area (Å²) < 4.78 is 16.9. The largest absolute Gasteiger partial charge is 0.462 e. The molecule has 0 bridgehead atoms. The summed E-state index contributed by atoms with van der Waals surface area (Å²) in [4.78, 5) is 38.3. The molecule has 0 aromatic heterocycles. The zero-order valence-corrected chi connectivity index (χ0v) is 47.7. The second kappa shape index (κ2) is 60.4. The van der Waals surface area contributed by atoms with Gasteiger partial charge in [0.15, 0.2) is 6.10 Å². The van der Waals surface area contributed by atoms with Gasteiger partial charge in [-0.3, -0.25) is 14.4 Å². The lowest BCUT2D eigenvalue weighted by Crippen LogP contribution is -2.30. The van der Waals surface area contributed by atoms with Crippen molar-refractivity contribution >= 4 is 17.9 Å². The minimum absolute atomic E-state index is 0.0847. The van der Waals surface area contributed by atoms with Crippen LogP contribution in [0.3, 0.4) is 0 Å². The molecule has 0 heterocycles. The van der Waals surface area contributed by atoms with Crippen LogP contribution in [0.4, 0.5) is 0 Å². The molecule has 0 saturated carbocycles. The average Bonchev–Trinajstić information content (AvgIpc) is 3.38. The standard InChI is InChI=1S/C66H116O6/c1-4-7-10-13-16-19-22-25-28-31-33-35-38-41-44-47-50-53-56-59-65(68)71-62-63(61-70-64(67)58-55-52-49-46-43-40-37-30-27-24-21-18-15-12-9-6-3)72-66(69)60-57-54-51-48-45-42-39-36-34-32-29-26-23-20-17-14-11-8-5-2/h16-17,19-20,25-26,28-30,33,35,37,63H,4-15,18,21-24,27,31-32,34,36,38-62H2,1-3H3/b19-16-,20-17-,28-25-,29-26-,35-33-,37-30-. The summed E-state index contributed by atoms with van der Waals surface area (Å²) in [5.41, 5.74) is 0. The van der Waals surface area contributed by atoms with E-state index in [1.165, 1.54) is 180 Å². The Bertz CT molecular complexity index is 1340. The maximum absolute atomic E-state index is 12.9. The van der Waals surface area contributed by atoms with E-state index in [2.05, 4.69) is 93.7 Å². The fraction of sp³-hybridized carbons (Fsp3) is 0.773. The van der Waals surface area contributed by atoms with Gasteiger partial charge in [0.05, 0.1) is 0 Å². The van der Waals surface area contributed by atoms with Gasteiger partial charge in [-0.1, -0.05) is 248 Å². The van der Waals surface area contributed by atoms with Crippen LogP contribution in [0.25, 0.3) is 0 Å². The molecule has 0 aromatic carbocycles. The summed E-state index contributed by atoms with van der Waals surface area (Å²) in [7, 11) is 0. The van der Waals surface area contributed by atoms with Gasteiger partial charge >= 0.3 is 17.9 Å². The molecule has 1 unspecified atom stereocenters. The van der Waals surface area contributed by atoms with Gasteiger partial charge in [0, 0.05) is 19.3 Å². The first-order chi connectivity index (χ1) is 35.5. The molecule has 0 aliphatic heterocycles. The van der Waals surface area contributed by atoms with E-state index in [1.807, 2.05) is 0 Å². The van der Waals surface area contributed by atoms with E-state index < -0.39 is 6.10 Å². The molecule has 0 N–H and O–H groups in total. The monoisotopic (exact) mass is 1000 g/mol. The number of unbranched alkanes of at least 4 members (excludes halogenated alkanes) is 33. The summed E-state index contributed by atoms with van der Waals surface area (Å²) >= 11 is 0. The predicted molar refractivity (Wildman–Crippen MR) is 311 cm³/mol. The Labute approximate surface area is 446 Å². The predicted octanol–water partition coefficient (Wildman–Crippen LogP) is 20.9. The molecule has 6 heteroatoms. The summed E-state index contributed by atoms with van der Waals surface area (Å²) in [6.07, 6.45) is 77.4. The molecule has 0 spiro atoms. The maximum Gasteiger partial charge on any atom is 0.306 e. The van der Waals surface area contributed by atoms with Crippen molar-refractivity contribution in [1.82, 2.24) is 0 Å². The molecule has 0 amide bonds. The zero-order chi connectivity index (χ0) is 52.2. The molecule has 0 aliphatic rings. The van der Waals surface area contributed by atoms with Gasteiger partial charge in [0.2, 0.25) is 0 Å². The molecule has 0 aromatic rings. The minimum atomic E-state index is -0.788. The van der Waals surface area contributed by atoms with Gasteiger partial charge < -0.3 is 14.2 Å². The number of rotatable bonds is 56. The van der Waals surface area contributed by atoms with Gasteiger partial charge in [-0.15, -0.1) is 0 Å². The van der Waals surface area contributed by atoms with Gasteiger partial charge in [0.1, 0.15) is 13.2 Å². The smallest absolute Gasteiger partial charge is 0.306 e. The van der Waals surface area contributed by atoms with Crippen molar-refractivity contribution in [2.45, 2.75) is 316 Å². The Hall–Kier alpha value is -3.15. The van der Waals surface area contributed by atoms with Crippen LogP contribution in [0.15, 0.2) is 72.9 Å². The molecular weight excluding hydrogens is 889 g/mol. The van der Waals surface area contributed by atoms with Crippen molar-refractivity contribution in [2.24, 2.45) is 0 Å². The molecule has 416 valence electrons. The van der Waals surface area contributed by atoms with E-state index in [1.54, 1.807) is 0 Å². The van der Waals surface area contributed by atoms with E-state index in [0.717, 1.165) is 89.9 Å². The number of esters is 3. The summed E-state index contributed by atoms with van der Waals surface area (Å²) in [5.74, 6) is -0.897. The fourth-order valence-electron chi connectivity index (χ4n) is 8.71. The molecule has 72 heavy (non-hydrogen) atoms. The second-order valence-electron chi connectivity index (χ2n) is 20.6. The highest BCUT2D eigenvalue weighted by Crippen LogP contribution is 2.15. The number of carbonyl (C=O) groups excluding carboxylic acids is 3. The Balaban J connectivity index is 4.41. The van der Waals surface area contributed by atoms with Crippen LogP contribution in [0, 0.1) is 0 Å². The third-order valence-electron chi connectivity index (χ3n) is 13.4. The highest BCUT2D eigenvalue weighted by atomic mass is 16.6. The first-order valence-electron chi connectivity index (χ1n) is 30.9. The Morgan fingerprint density at radius 1 is 0.278 bits per heavy atom. The first-order valence-corrected chi connectivity index (χ1v) is 30.9. The Morgan fingerprint density at radius 3 is 0.819 bits per heavy atom. The number of hydrogen-bond acceptors (Lipinski definition) is 6. The number of ether oxygens (including phenoxy) is 3. The topological polar surface area (TPSA) is 78.9 Å². The first kappa shape index (κ1) is 68.8. The van der Waals surface area contributed by atoms with Crippen molar-refractivity contribution in [3.63, 3.8) is 0 Å². The van der Waals surface area contributed by atoms with Crippen LogP contribution in [0.1, 0.15) is 310 Å². The second-order valence-corrected chi connectivity index (χ2v) is 20.6. The van der Waals surface area contributed by atoms with E-state index in [0.29, 0.717) is 19.3 Å². The van der Waals surface area contributed by atoms with Crippen LogP contribution in [0.5, 0.6) is 0 Å². The highest BCUT2D eigenvalue weighted by Gasteiger charge is 2.19. The van der Waals surface area contributed by atoms with Crippen molar-refractivity contribution < 1.29 is 28.6 Å². The van der Waals surface area contributed by atoms with E-state index in [9.17, 15) is 14.4 Å². The highest BCUT2D eigenvalue weighted by molar-refractivity contribution is 5.71. The van der Waals surface area contributed by atoms with E-state index in [4.69, 9.17) is 14.2 Å². The van der Waals surface area contributed by atoms with E-state index in [-0.39, 0.29) is 31.1 Å². The van der Waals surface area contributed by atoms with Crippen LogP contribution in [0.2, 0.25) is 0 Å². The van der Waals surface area contributed by atoms with Gasteiger partial charge in [-0.05, 0) is 116 Å². The molecule has 0 radical (unpaired) electrons. The molecule has 1 atom stereocenters. The molecule has 0 saturated heterocycles. The molecule has 0 aliphatic carbocycles. The van der Waals surface area contributed by atoms with Crippen molar-refractivity contribution in [2.75, 3.05) is 13.2 Å². The zero-order valence-electron chi connectivity index (χ0n) is 47.7. The fourth-order valence-corrected chi connectivity index (χ4v) is 8.71. The Morgan fingerprint density at radius 2 is 0.500 bits per heavy atom. The summed E-state index contributed by atoms with van der Waals surface area (Å²) in [5, 5.41) is 0. The maximum atomic E-state index is 12.9. The van der Waals surface area contributed by atoms with Crippen LogP contribution in [-0.2, 0) is 28.6 Å². The molecule has 0 fully saturated rings. The number of allylic oxidation sites excluding steroid dienone is 12. The Kier molecular flexibility index (Phi) is 57.8. The van der Waals surface area contributed by atoms with Crippen molar-refractivity contribution in [3.05, 3.63) is 72.9 Å². The molecule has 6 nitrogen and oxygen atoms in total. The summed E-state index contributed by atoms with van der Waals surface area (Å²) in [6, 6.07) is 0. The average molecular weight is 1010 g/mol. The third-order valence-corrected chi connectivity index (χ3v) is 13.4. The van der Waals surface area contributed by atoms with E-state index >= 15 is 0 Å². The lowest BCUT2D eigenvalue weighted by molar-refractivity contribution is -0.167. The normalized spacial score (nSPS) is 12.5. The van der Waals surface area contributed by atoms with Crippen LogP contribution < -0.4 is 0 Å².